The molecule has 1 aromatic carbocycles. The first kappa shape index (κ1) is 9.83. The number of aromatic hydroxyl groups is 1. The lowest BCUT2D eigenvalue weighted by Crippen LogP contribution is -2.37. The Hall–Kier alpha value is -1.26. The number of rotatable bonds is 2. The molecule has 0 fully saturated rings. The van der Waals surface area contributed by atoms with Gasteiger partial charge in [0.05, 0.1) is 12.1 Å². The standard InChI is InChI=1S/C9H14N2O2/c1-9(11,5-12)7-4-6(13)2-3-8(7)10/h2-4,12-13H,5,10-11H2,1H3. The number of hydrogen-bond donors (Lipinski definition) is 4. The van der Waals surface area contributed by atoms with Gasteiger partial charge in [-0.3, -0.25) is 0 Å². The average molecular weight is 182 g/mol. The fourth-order valence-electron chi connectivity index (χ4n) is 1.12. The van der Waals surface area contributed by atoms with Crippen molar-refractivity contribution in [2.75, 3.05) is 12.3 Å². The molecule has 4 nitrogen and oxygen atoms in total. The van der Waals surface area contributed by atoms with Crippen LogP contribution < -0.4 is 11.5 Å². The van der Waals surface area contributed by atoms with Crippen LogP contribution in [0.1, 0.15) is 12.5 Å². The number of aliphatic hydroxyl groups is 1. The normalized spacial score (nSPS) is 15.3. The minimum atomic E-state index is -0.914. The molecule has 0 bridgehead atoms. The molecule has 0 saturated carbocycles. The van der Waals surface area contributed by atoms with Gasteiger partial charge >= 0.3 is 0 Å². The summed E-state index contributed by atoms with van der Waals surface area (Å²) >= 11 is 0. The summed E-state index contributed by atoms with van der Waals surface area (Å²) in [6.45, 7) is 1.43. The highest BCUT2D eigenvalue weighted by molar-refractivity contribution is 5.53. The fourth-order valence-corrected chi connectivity index (χ4v) is 1.12. The first-order valence-electron chi connectivity index (χ1n) is 3.96. The molecular formula is C9H14N2O2. The summed E-state index contributed by atoms with van der Waals surface area (Å²) in [5.41, 5.74) is 11.5. The van der Waals surface area contributed by atoms with Gasteiger partial charge in [0.25, 0.3) is 0 Å². The zero-order chi connectivity index (χ0) is 10.1. The molecular weight excluding hydrogens is 168 g/mol. The molecule has 72 valence electrons. The van der Waals surface area contributed by atoms with E-state index >= 15 is 0 Å². The third-order valence-electron chi connectivity index (χ3n) is 1.98. The van der Waals surface area contributed by atoms with Gasteiger partial charge in [0, 0.05) is 11.3 Å². The van der Waals surface area contributed by atoms with E-state index in [1.165, 1.54) is 12.1 Å². The van der Waals surface area contributed by atoms with Gasteiger partial charge in [-0.05, 0) is 25.1 Å². The van der Waals surface area contributed by atoms with Crippen molar-refractivity contribution in [3.05, 3.63) is 23.8 Å². The van der Waals surface area contributed by atoms with Crippen molar-refractivity contribution >= 4 is 5.69 Å². The van der Waals surface area contributed by atoms with E-state index in [4.69, 9.17) is 16.6 Å². The summed E-state index contributed by atoms with van der Waals surface area (Å²) in [7, 11) is 0. The topological polar surface area (TPSA) is 92.5 Å². The summed E-state index contributed by atoms with van der Waals surface area (Å²) in [5, 5.41) is 18.2. The van der Waals surface area contributed by atoms with Crippen LogP contribution in [0.25, 0.3) is 0 Å². The smallest absolute Gasteiger partial charge is 0.116 e. The van der Waals surface area contributed by atoms with Crippen LogP contribution in [0.5, 0.6) is 5.75 Å². The Morgan fingerprint density at radius 1 is 1.46 bits per heavy atom. The maximum atomic E-state index is 9.20. The Balaban J connectivity index is 3.20. The summed E-state index contributed by atoms with van der Waals surface area (Å²) in [6, 6.07) is 4.50. The van der Waals surface area contributed by atoms with E-state index in [9.17, 15) is 5.11 Å². The van der Waals surface area contributed by atoms with E-state index in [0.717, 1.165) is 0 Å². The fraction of sp³-hybridized carbons (Fsp3) is 0.333. The number of anilines is 1. The van der Waals surface area contributed by atoms with E-state index in [1.807, 2.05) is 0 Å². The predicted octanol–water partition coefficient (Wildman–Crippen LogP) is 0.141. The number of hydrogen-bond acceptors (Lipinski definition) is 4. The molecule has 0 spiro atoms. The van der Waals surface area contributed by atoms with Crippen LogP contribution in [0.15, 0.2) is 18.2 Å². The summed E-state index contributed by atoms with van der Waals surface area (Å²) in [4.78, 5) is 0. The highest BCUT2D eigenvalue weighted by Crippen LogP contribution is 2.27. The van der Waals surface area contributed by atoms with Crippen molar-refractivity contribution in [2.45, 2.75) is 12.5 Å². The Morgan fingerprint density at radius 3 is 2.62 bits per heavy atom. The second-order valence-electron chi connectivity index (χ2n) is 3.35. The van der Waals surface area contributed by atoms with Crippen molar-refractivity contribution in [2.24, 2.45) is 5.73 Å². The van der Waals surface area contributed by atoms with Gasteiger partial charge in [-0.15, -0.1) is 0 Å². The van der Waals surface area contributed by atoms with E-state index in [1.54, 1.807) is 13.0 Å². The van der Waals surface area contributed by atoms with Crippen molar-refractivity contribution in [1.82, 2.24) is 0 Å². The number of benzene rings is 1. The first-order valence-corrected chi connectivity index (χ1v) is 3.96. The van der Waals surface area contributed by atoms with Gasteiger partial charge < -0.3 is 21.7 Å². The quantitative estimate of drug-likeness (QED) is 0.386. The van der Waals surface area contributed by atoms with Crippen LogP contribution in [-0.4, -0.2) is 16.8 Å². The highest BCUT2D eigenvalue weighted by atomic mass is 16.3. The largest absolute Gasteiger partial charge is 0.508 e. The molecule has 4 heteroatoms. The minimum absolute atomic E-state index is 0.0920. The van der Waals surface area contributed by atoms with Crippen LogP contribution in [-0.2, 0) is 5.54 Å². The molecule has 0 aromatic heterocycles. The molecule has 0 aliphatic heterocycles. The molecule has 0 saturated heterocycles. The number of nitrogen functional groups attached to an aromatic ring is 1. The monoisotopic (exact) mass is 182 g/mol. The Kier molecular flexibility index (Phi) is 2.45. The van der Waals surface area contributed by atoms with Crippen LogP contribution in [0.3, 0.4) is 0 Å². The number of aliphatic hydroxyl groups excluding tert-OH is 1. The Bertz CT molecular complexity index is 310. The van der Waals surface area contributed by atoms with Gasteiger partial charge in [0.2, 0.25) is 0 Å². The molecule has 1 rings (SSSR count). The molecule has 0 amide bonds. The zero-order valence-corrected chi connectivity index (χ0v) is 7.49. The van der Waals surface area contributed by atoms with Gasteiger partial charge in [0.1, 0.15) is 5.75 Å². The zero-order valence-electron chi connectivity index (χ0n) is 7.49. The van der Waals surface area contributed by atoms with Gasteiger partial charge in [-0.1, -0.05) is 0 Å². The first-order chi connectivity index (χ1) is 5.97. The molecule has 0 aliphatic rings. The summed E-state index contributed by atoms with van der Waals surface area (Å²) in [6.07, 6.45) is 0. The molecule has 13 heavy (non-hydrogen) atoms. The number of phenolic OH excluding ortho intramolecular Hbond substituents is 1. The lowest BCUT2D eigenvalue weighted by atomic mass is 9.92. The molecule has 1 unspecified atom stereocenters. The lowest BCUT2D eigenvalue weighted by Gasteiger charge is -2.23. The molecule has 1 aromatic rings. The van der Waals surface area contributed by atoms with E-state index < -0.39 is 5.54 Å². The van der Waals surface area contributed by atoms with Crippen LogP contribution >= 0.6 is 0 Å². The van der Waals surface area contributed by atoms with Crippen LogP contribution in [0.4, 0.5) is 5.69 Å². The molecule has 0 aliphatic carbocycles. The highest BCUT2D eigenvalue weighted by Gasteiger charge is 2.22. The van der Waals surface area contributed by atoms with Crippen LogP contribution in [0.2, 0.25) is 0 Å². The van der Waals surface area contributed by atoms with Gasteiger partial charge in [-0.25, -0.2) is 0 Å². The van der Waals surface area contributed by atoms with Crippen molar-refractivity contribution in [3.8, 4) is 5.75 Å². The van der Waals surface area contributed by atoms with Crippen molar-refractivity contribution in [3.63, 3.8) is 0 Å². The third kappa shape index (κ3) is 1.91. The average Bonchev–Trinajstić information content (AvgIpc) is 2.09. The van der Waals surface area contributed by atoms with E-state index in [-0.39, 0.29) is 12.4 Å². The van der Waals surface area contributed by atoms with E-state index in [2.05, 4.69) is 0 Å². The van der Waals surface area contributed by atoms with Gasteiger partial charge in [0.15, 0.2) is 0 Å². The summed E-state index contributed by atoms with van der Waals surface area (Å²) in [5.74, 6) is 0.0920. The van der Waals surface area contributed by atoms with Crippen molar-refractivity contribution < 1.29 is 10.2 Å². The molecule has 0 radical (unpaired) electrons. The van der Waals surface area contributed by atoms with Crippen LogP contribution in [0, 0.1) is 0 Å². The predicted molar refractivity (Wildman–Crippen MR) is 51.1 cm³/mol. The molecule has 6 N–H and O–H groups in total. The maximum absolute atomic E-state index is 9.20. The van der Waals surface area contributed by atoms with E-state index in [0.29, 0.717) is 11.3 Å². The second kappa shape index (κ2) is 3.24. The van der Waals surface area contributed by atoms with Crippen molar-refractivity contribution in [1.29, 1.82) is 0 Å². The minimum Gasteiger partial charge on any atom is -0.508 e. The van der Waals surface area contributed by atoms with Gasteiger partial charge in [-0.2, -0.15) is 0 Å². The molecule has 0 heterocycles. The maximum Gasteiger partial charge on any atom is 0.116 e. The SMILES string of the molecule is CC(N)(CO)c1cc(O)ccc1N. The number of phenols is 1. The summed E-state index contributed by atoms with van der Waals surface area (Å²) < 4.78 is 0. The second-order valence-corrected chi connectivity index (χ2v) is 3.35. The molecule has 1 atom stereocenters. The number of nitrogens with two attached hydrogens (primary N) is 2. The third-order valence-corrected chi connectivity index (χ3v) is 1.98. The Labute approximate surface area is 76.8 Å². The Morgan fingerprint density at radius 2 is 2.08 bits per heavy atom. The lowest BCUT2D eigenvalue weighted by molar-refractivity contribution is 0.210.